The molecule has 2 fully saturated rings. The predicted molar refractivity (Wildman–Crippen MR) is 159 cm³/mol. The third kappa shape index (κ3) is 7.60. The Morgan fingerprint density at radius 1 is 0.821 bits per heavy atom. The van der Waals surface area contributed by atoms with Crippen LogP contribution in [-0.2, 0) is 11.2 Å². The number of rotatable bonds is 9. The number of ether oxygens (including phenoxy) is 1. The van der Waals surface area contributed by atoms with E-state index in [1.807, 2.05) is 26.2 Å². The molecule has 4 heterocycles. The monoisotopic (exact) mass is 534 g/mol. The third-order valence-corrected chi connectivity index (χ3v) is 7.28. The minimum absolute atomic E-state index is 0.301. The molecule has 3 aromatic rings. The van der Waals surface area contributed by atoms with Crippen molar-refractivity contribution in [1.82, 2.24) is 19.9 Å². The zero-order valence-electron chi connectivity index (χ0n) is 23.3. The Labute approximate surface area is 231 Å². The number of nitrogen functional groups attached to an aromatic ring is 2. The van der Waals surface area contributed by atoms with Crippen molar-refractivity contribution in [1.29, 1.82) is 0 Å². The number of aromatic nitrogens is 4. The summed E-state index contributed by atoms with van der Waals surface area (Å²) in [5.74, 6) is 3.96. The molecule has 0 bridgehead atoms. The first-order chi connectivity index (χ1) is 19.0. The van der Waals surface area contributed by atoms with Crippen molar-refractivity contribution in [2.24, 2.45) is 0 Å². The Balaban J connectivity index is 0.000000187. The van der Waals surface area contributed by atoms with E-state index in [1.54, 1.807) is 7.11 Å². The highest BCUT2D eigenvalue weighted by Crippen LogP contribution is 2.29. The maximum Gasteiger partial charge on any atom is 0.223 e. The van der Waals surface area contributed by atoms with Crippen LogP contribution < -0.4 is 31.9 Å². The second kappa shape index (κ2) is 13.8. The van der Waals surface area contributed by atoms with Gasteiger partial charge in [0.25, 0.3) is 0 Å². The quantitative estimate of drug-likeness (QED) is 0.320. The van der Waals surface area contributed by atoms with E-state index >= 15 is 0 Å². The molecule has 1 unspecified atom stereocenters. The molecule has 11 nitrogen and oxygen atoms in total. The Morgan fingerprint density at radius 2 is 1.36 bits per heavy atom. The van der Waals surface area contributed by atoms with E-state index in [9.17, 15) is 0 Å². The first-order valence-corrected chi connectivity index (χ1v) is 13.7. The van der Waals surface area contributed by atoms with Crippen molar-refractivity contribution < 1.29 is 4.74 Å². The van der Waals surface area contributed by atoms with E-state index in [4.69, 9.17) is 16.2 Å². The molecule has 2 atom stereocenters. The number of nitrogens with one attached hydrogen (secondary N) is 2. The molecule has 0 saturated carbocycles. The topological polar surface area (TPSA) is 143 Å². The van der Waals surface area contributed by atoms with Crippen LogP contribution in [0.3, 0.4) is 0 Å². The van der Waals surface area contributed by atoms with Crippen molar-refractivity contribution in [3.63, 3.8) is 0 Å². The highest BCUT2D eigenvalue weighted by molar-refractivity contribution is 5.54. The second-order valence-electron chi connectivity index (χ2n) is 9.90. The number of aryl methyl sites for hydroxylation is 1. The first kappa shape index (κ1) is 28.2. The Morgan fingerprint density at radius 3 is 1.90 bits per heavy atom. The first-order valence-electron chi connectivity index (χ1n) is 13.7. The van der Waals surface area contributed by atoms with Gasteiger partial charge in [0.15, 0.2) is 0 Å². The lowest BCUT2D eigenvalue weighted by molar-refractivity contribution is 0.180. The maximum atomic E-state index is 5.82. The van der Waals surface area contributed by atoms with Crippen molar-refractivity contribution >= 4 is 35.2 Å². The van der Waals surface area contributed by atoms with Crippen molar-refractivity contribution in [2.75, 3.05) is 72.8 Å². The minimum Gasteiger partial charge on any atom is -0.383 e. The van der Waals surface area contributed by atoms with Crippen LogP contribution in [0, 0.1) is 0 Å². The van der Waals surface area contributed by atoms with Gasteiger partial charge in [-0.25, -0.2) is 0 Å². The van der Waals surface area contributed by atoms with Crippen LogP contribution >= 0.6 is 0 Å². The number of hydrogen-bond acceptors (Lipinski definition) is 11. The summed E-state index contributed by atoms with van der Waals surface area (Å²) in [6.07, 6.45) is 6.95. The molecule has 5 rings (SSSR count). The molecule has 2 aromatic heterocycles. The largest absolute Gasteiger partial charge is 0.383 e. The fourth-order valence-electron chi connectivity index (χ4n) is 5.37. The minimum atomic E-state index is 0.301. The number of hydrogen-bond donors (Lipinski definition) is 4. The van der Waals surface area contributed by atoms with Crippen LogP contribution in [0.5, 0.6) is 0 Å². The molecular weight excluding hydrogens is 492 g/mol. The van der Waals surface area contributed by atoms with E-state index in [1.165, 1.54) is 18.4 Å². The van der Waals surface area contributed by atoms with Gasteiger partial charge < -0.3 is 36.6 Å². The second-order valence-corrected chi connectivity index (χ2v) is 9.90. The van der Waals surface area contributed by atoms with Crippen molar-refractivity contribution in [3.8, 4) is 0 Å². The van der Waals surface area contributed by atoms with E-state index < -0.39 is 0 Å². The summed E-state index contributed by atoms with van der Waals surface area (Å²) in [6.45, 7) is 2.76. The molecule has 1 aromatic carbocycles. The molecular formula is C28H42N10O. The fraction of sp³-hybridized carbons (Fsp3) is 0.500. The lowest BCUT2D eigenvalue weighted by Gasteiger charge is -2.26. The van der Waals surface area contributed by atoms with Gasteiger partial charge in [0.1, 0.15) is 23.3 Å². The lowest BCUT2D eigenvalue weighted by atomic mass is 10.0. The van der Waals surface area contributed by atoms with Gasteiger partial charge in [0, 0.05) is 52.5 Å². The summed E-state index contributed by atoms with van der Waals surface area (Å²) >= 11 is 0. The number of benzene rings is 1. The van der Waals surface area contributed by atoms with Gasteiger partial charge in [-0.1, -0.05) is 30.3 Å². The van der Waals surface area contributed by atoms with Crippen LogP contribution in [0.4, 0.5) is 35.2 Å². The number of methoxy groups -OCH3 is 1. The highest BCUT2D eigenvalue weighted by atomic mass is 16.5. The molecule has 39 heavy (non-hydrogen) atoms. The van der Waals surface area contributed by atoms with Gasteiger partial charge in [-0.2, -0.15) is 19.9 Å². The van der Waals surface area contributed by atoms with Crippen molar-refractivity contribution in [2.45, 2.75) is 50.6 Å². The predicted octanol–water partition coefficient (Wildman–Crippen LogP) is 3.42. The van der Waals surface area contributed by atoms with E-state index in [0.717, 1.165) is 68.7 Å². The van der Waals surface area contributed by atoms with Crippen LogP contribution in [0.25, 0.3) is 0 Å². The average molecular weight is 535 g/mol. The molecule has 2 aliphatic heterocycles. The summed E-state index contributed by atoms with van der Waals surface area (Å²) in [6, 6.07) is 15.5. The smallest absolute Gasteiger partial charge is 0.223 e. The zero-order chi connectivity index (χ0) is 27.6. The van der Waals surface area contributed by atoms with Crippen LogP contribution in [0.1, 0.15) is 37.7 Å². The number of anilines is 6. The lowest BCUT2D eigenvalue weighted by Crippen LogP contribution is -2.33. The molecule has 210 valence electrons. The van der Waals surface area contributed by atoms with Crippen LogP contribution in [-0.4, -0.2) is 72.9 Å². The van der Waals surface area contributed by atoms with E-state index in [2.05, 4.69) is 70.7 Å². The van der Waals surface area contributed by atoms with Crippen molar-refractivity contribution in [3.05, 3.63) is 48.0 Å². The molecule has 11 heteroatoms. The van der Waals surface area contributed by atoms with Gasteiger partial charge in [0.2, 0.25) is 11.9 Å². The SMILES string of the molecule is CNc1cc(N2CCCC2CCc2ccccc2)nc(N)n1.CNc1cc(N2CCC[C@H]2COC)nc(N)n1. The molecule has 0 radical (unpaired) electrons. The number of nitrogens with zero attached hydrogens (tertiary/aromatic N) is 6. The van der Waals surface area contributed by atoms with Crippen LogP contribution in [0.2, 0.25) is 0 Å². The molecule has 0 spiro atoms. The molecule has 2 saturated heterocycles. The number of nitrogens with two attached hydrogens (primary N) is 2. The summed E-state index contributed by atoms with van der Waals surface area (Å²) < 4.78 is 5.23. The Kier molecular flexibility index (Phi) is 9.96. The molecule has 6 N–H and O–H groups in total. The van der Waals surface area contributed by atoms with Gasteiger partial charge in [-0.3, -0.25) is 0 Å². The average Bonchev–Trinajstić information content (AvgIpc) is 3.62. The zero-order valence-corrected chi connectivity index (χ0v) is 23.3. The summed E-state index contributed by atoms with van der Waals surface area (Å²) in [5.41, 5.74) is 12.9. The van der Waals surface area contributed by atoms with Gasteiger partial charge >= 0.3 is 0 Å². The van der Waals surface area contributed by atoms with E-state index in [-0.39, 0.29) is 0 Å². The summed E-state index contributed by atoms with van der Waals surface area (Å²) in [7, 11) is 5.40. The third-order valence-electron chi connectivity index (χ3n) is 7.28. The Bertz CT molecular complexity index is 1180. The van der Waals surface area contributed by atoms with Gasteiger partial charge in [0.05, 0.1) is 12.6 Å². The van der Waals surface area contributed by atoms with Gasteiger partial charge in [-0.05, 0) is 44.1 Å². The van der Waals surface area contributed by atoms with Crippen LogP contribution in [0.15, 0.2) is 42.5 Å². The maximum absolute atomic E-state index is 5.82. The van der Waals surface area contributed by atoms with Gasteiger partial charge in [-0.15, -0.1) is 0 Å². The molecule has 0 amide bonds. The van der Waals surface area contributed by atoms with E-state index in [0.29, 0.717) is 24.0 Å². The normalized spacial score (nSPS) is 18.5. The summed E-state index contributed by atoms with van der Waals surface area (Å²) in [4.78, 5) is 21.6. The highest BCUT2D eigenvalue weighted by Gasteiger charge is 2.27. The fourth-order valence-corrected chi connectivity index (χ4v) is 5.37. The standard InChI is InChI=1S/C17H23N5.C11H19N5O/c1-19-15-12-16(21-17(18)20-15)22-11-5-8-14(22)10-9-13-6-3-2-4-7-13;1-13-9-6-10(15-11(12)14-9)16-5-3-4-8(16)7-17-2/h2-4,6-7,12,14H,5,8-11H2,1H3,(H3,18,19,20,21);6,8H,3-5,7H2,1-2H3,(H3,12,13,14,15)/t;8-/m.0/s1. The summed E-state index contributed by atoms with van der Waals surface area (Å²) in [5, 5.41) is 6.04. The Hall–Kier alpha value is -3.86. The molecule has 2 aliphatic rings. The molecule has 0 aliphatic carbocycles.